The van der Waals surface area contributed by atoms with Gasteiger partial charge in [-0.3, -0.25) is 0 Å². The van der Waals surface area contributed by atoms with Gasteiger partial charge < -0.3 is 5.32 Å². The Kier molecular flexibility index (Phi) is 4.82. The van der Waals surface area contributed by atoms with E-state index in [2.05, 4.69) is 50.4 Å². The lowest BCUT2D eigenvalue weighted by atomic mass is 9.98. The van der Waals surface area contributed by atoms with Gasteiger partial charge in [0.25, 0.3) is 0 Å². The first-order chi connectivity index (χ1) is 8.76. The Morgan fingerprint density at radius 3 is 2.33 bits per heavy atom. The Labute approximate surface area is 112 Å². The summed E-state index contributed by atoms with van der Waals surface area (Å²) in [5.41, 5.74) is 2.96. The van der Waals surface area contributed by atoms with E-state index < -0.39 is 0 Å². The zero-order valence-corrected chi connectivity index (χ0v) is 12.1. The van der Waals surface area contributed by atoms with E-state index in [0.717, 1.165) is 18.4 Å². The third-order valence-corrected chi connectivity index (χ3v) is 4.09. The Balaban J connectivity index is 2.04. The molecule has 1 aromatic carbocycles. The maximum absolute atomic E-state index is 3.73. The number of aryl methyl sites for hydroxylation is 1. The molecule has 3 unspecified atom stereocenters. The molecule has 0 saturated heterocycles. The van der Waals surface area contributed by atoms with E-state index in [4.69, 9.17) is 0 Å². The van der Waals surface area contributed by atoms with Crippen LogP contribution in [0.4, 0.5) is 0 Å². The van der Waals surface area contributed by atoms with Gasteiger partial charge in [-0.05, 0) is 48.8 Å². The van der Waals surface area contributed by atoms with Gasteiger partial charge in [0.15, 0.2) is 0 Å². The molecule has 1 fully saturated rings. The van der Waals surface area contributed by atoms with Gasteiger partial charge >= 0.3 is 0 Å². The van der Waals surface area contributed by atoms with E-state index in [1.54, 1.807) is 0 Å². The van der Waals surface area contributed by atoms with E-state index in [1.165, 1.54) is 36.8 Å². The molecule has 2 rings (SSSR count). The molecular formula is C17H27N. The summed E-state index contributed by atoms with van der Waals surface area (Å²) in [6.07, 6.45) is 5.04. The van der Waals surface area contributed by atoms with Crippen LogP contribution >= 0.6 is 0 Å². The van der Waals surface area contributed by atoms with Gasteiger partial charge in [0.05, 0.1) is 0 Å². The minimum Gasteiger partial charge on any atom is -0.310 e. The van der Waals surface area contributed by atoms with Gasteiger partial charge in [-0.25, -0.2) is 0 Å². The zero-order chi connectivity index (χ0) is 13.0. The van der Waals surface area contributed by atoms with Crippen LogP contribution < -0.4 is 5.32 Å². The molecule has 3 atom stereocenters. The second-order valence-electron chi connectivity index (χ2n) is 5.80. The van der Waals surface area contributed by atoms with Crippen molar-refractivity contribution in [2.24, 2.45) is 11.8 Å². The lowest BCUT2D eigenvalue weighted by molar-refractivity contribution is 0.463. The third kappa shape index (κ3) is 3.35. The second kappa shape index (κ2) is 6.38. The molecule has 0 spiro atoms. The topological polar surface area (TPSA) is 12.0 Å². The Bertz CT molecular complexity index is 354. The predicted octanol–water partition coefficient (Wildman–Crippen LogP) is 4.34. The Morgan fingerprint density at radius 1 is 1.17 bits per heavy atom. The quantitative estimate of drug-likeness (QED) is 0.753. The van der Waals surface area contributed by atoms with Crippen molar-refractivity contribution >= 4 is 0 Å². The highest BCUT2D eigenvalue weighted by atomic mass is 14.9. The maximum Gasteiger partial charge on any atom is 0.0351 e. The van der Waals surface area contributed by atoms with Crippen molar-refractivity contribution in [2.45, 2.75) is 52.5 Å². The summed E-state index contributed by atoms with van der Waals surface area (Å²) in [6.45, 7) is 7.98. The number of rotatable bonds is 7. The van der Waals surface area contributed by atoms with Crippen molar-refractivity contribution in [3.8, 4) is 0 Å². The molecule has 0 aliphatic heterocycles. The SMILES string of the molecule is CCCNC(c1ccc(CCC)cc1)C1CC1C. The van der Waals surface area contributed by atoms with E-state index in [1.807, 2.05) is 0 Å². The summed E-state index contributed by atoms with van der Waals surface area (Å²) in [6, 6.07) is 9.88. The van der Waals surface area contributed by atoms with E-state index >= 15 is 0 Å². The highest BCUT2D eigenvalue weighted by Gasteiger charge is 2.39. The molecule has 1 N–H and O–H groups in total. The average Bonchev–Trinajstić information content (AvgIpc) is 3.09. The maximum atomic E-state index is 3.73. The second-order valence-corrected chi connectivity index (χ2v) is 5.80. The van der Waals surface area contributed by atoms with E-state index in [0.29, 0.717) is 6.04 Å². The minimum absolute atomic E-state index is 0.579. The van der Waals surface area contributed by atoms with E-state index in [9.17, 15) is 0 Å². The number of benzene rings is 1. The average molecular weight is 245 g/mol. The van der Waals surface area contributed by atoms with Crippen LogP contribution in [0.1, 0.15) is 57.2 Å². The van der Waals surface area contributed by atoms with Gasteiger partial charge in [0.1, 0.15) is 0 Å². The monoisotopic (exact) mass is 245 g/mol. The van der Waals surface area contributed by atoms with Crippen LogP contribution in [-0.2, 0) is 6.42 Å². The van der Waals surface area contributed by atoms with Crippen molar-refractivity contribution < 1.29 is 0 Å². The van der Waals surface area contributed by atoms with Crippen LogP contribution in [-0.4, -0.2) is 6.54 Å². The highest BCUT2D eigenvalue weighted by Crippen LogP contribution is 2.46. The molecule has 0 heterocycles. The molecule has 0 bridgehead atoms. The van der Waals surface area contributed by atoms with Crippen LogP contribution in [0.2, 0.25) is 0 Å². The lowest BCUT2D eigenvalue weighted by Gasteiger charge is -2.19. The molecule has 100 valence electrons. The zero-order valence-electron chi connectivity index (χ0n) is 12.1. The summed E-state index contributed by atoms with van der Waals surface area (Å²) < 4.78 is 0. The van der Waals surface area contributed by atoms with Gasteiger partial charge in [-0.15, -0.1) is 0 Å². The lowest BCUT2D eigenvalue weighted by Crippen LogP contribution is -2.24. The van der Waals surface area contributed by atoms with Crippen LogP contribution in [0.3, 0.4) is 0 Å². The van der Waals surface area contributed by atoms with Gasteiger partial charge in [0.2, 0.25) is 0 Å². The summed E-state index contributed by atoms with van der Waals surface area (Å²) >= 11 is 0. The highest BCUT2D eigenvalue weighted by molar-refractivity contribution is 5.27. The molecule has 1 aromatic rings. The first-order valence-electron chi connectivity index (χ1n) is 7.58. The molecule has 1 aliphatic carbocycles. The summed E-state index contributed by atoms with van der Waals surface area (Å²) in [4.78, 5) is 0. The van der Waals surface area contributed by atoms with Crippen molar-refractivity contribution in [3.63, 3.8) is 0 Å². The fourth-order valence-electron chi connectivity index (χ4n) is 2.81. The summed E-state index contributed by atoms with van der Waals surface area (Å²) in [5, 5.41) is 3.73. The fraction of sp³-hybridized carbons (Fsp3) is 0.647. The fourth-order valence-corrected chi connectivity index (χ4v) is 2.81. The number of hydrogen-bond donors (Lipinski definition) is 1. The molecule has 1 nitrogen and oxygen atoms in total. The molecule has 0 amide bonds. The van der Waals surface area contributed by atoms with Crippen molar-refractivity contribution in [2.75, 3.05) is 6.54 Å². The first kappa shape index (κ1) is 13.6. The predicted molar refractivity (Wildman–Crippen MR) is 78.7 cm³/mol. The third-order valence-electron chi connectivity index (χ3n) is 4.09. The molecule has 1 heteroatoms. The van der Waals surface area contributed by atoms with Crippen LogP contribution in [0.5, 0.6) is 0 Å². The normalized spacial score (nSPS) is 23.9. The smallest absolute Gasteiger partial charge is 0.0351 e. The Morgan fingerprint density at radius 2 is 1.83 bits per heavy atom. The summed E-state index contributed by atoms with van der Waals surface area (Å²) in [5.74, 6) is 1.75. The Hall–Kier alpha value is -0.820. The molecule has 1 aliphatic rings. The molecule has 0 aromatic heterocycles. The number of nitrogens with one attached hydrogen (secondary N) is 1. The van der Waals surface area contributed by atoms with Crippen molar-refractivity contribution in [3.05, 3.63) is 35.4 Å². The standard InChI is InChI=1S/C17H27N/c1-4-6-14-7-9-15(10-8-14)17(18-11-5-2)16-12-13(16)3/h7-10,13,16-18H,4-6,11-12H2,1-3H3. The van der Waals surface area contributed by atoms with Crippen molar-refractivity contribution in [1.82, 2.24) is 5.32 Å². The minimum atomic E-state index is 0.579. The first-order valence-corrected chi connectivity index (χ1v) is 7.58. The number of hydrogen-bond acceptors (Lipinski definition) is 1. The summed E-state index contributed by atoms with van der Waals surface area (Å²) in [7, 11) is 0. The molecular weight excluding hydrogens is 218 g/mol. The molecule has 18 heavy (non-hydrogen) atoms. The van der Waals surface area contributed by atoms with Crippen LogP contribution in [0.15, 0.2) is 24.3 Å². The largest absolute Gasteiger partial charge is 0.310 e. The molecule has 0 radical (unpaired) electrons. The molecule has 1 saturated carbocycles. The van der Waals surface area contributed by atoms with Gasteiger partial charge in [0, 0.05) is 6.04 Å². The van der Waals surface area contributed by atoms with E-state index in [-0.39, 0.29) is 0 Å². The van der Waals surface area contributed by atoms with Gasteiger partial charge in [-0.2, -0.15) is 0 Å². The van der Waals surface area contributed by atoms with Crippen LogP contribution in [0.25, 0.3) is 0 Å². The van der Waals surface area contributed by atoms with Crippen LogP contribution in [0, 0.1) is 11.8 Å². The van der Waals surface area contributed by atoms with Gasteiger partial charge in [-0.1, -0.05) is 51.5 Å². The van der Waals surface area contributed by atoms with Crippen molar-refractivity contribution in [1.29, 1.82) is 0 Å².